The van der Waals surface area contributed by atoms with Gasteiger partial charge in [-0.1, -0.05) is 0 Å². The molecule has 124 valence electrons. The lowest BCUT2D eigenvalue weighted by Gasteiger charge is -1.85. The fourth-order valence-corrected chi connectivity index (χ4v) is 0.356. The molecular formula is C10H12O12. The summed E-state index contributed by atoms with van der Waals surface area (Å²) in [6, 6.07) is 0. The van der Waals surface area contributed by atoms with Crippen molar-refractivity contribution in [3.05, 3.63) is 12.2 Å². The third-order valence-corrected chi connectivity index (χ3v) is 1.10. The van der Waals surface area contributed by atoms with E-state index in [4.69, 9.17) is 40.2 Å². The Kier molecular flexibility index (Phi) is 15.0. The van der Waals surface area contributed by atoms with Crippen LogP contribution >= 0.6 is 0 Å². The minimum Gasteiger partial charge on any atom is -0.481 e. The zero-order chi connectivity index (χ0) is 18.3. The van der Waals surface area contributed by atoms with Crippen LogP contribution in [0.5, 0.6) is 0 Å². The van der Waals surface area contributed by atoms with E-state index < -0.39 is 35.8 Å². The van der Waals surface area contributed by atoms with Crippen LogP contribution in [0, 0.1) is 0 Å². The van der Waals surface area contributed by atoms with Gasteiger partial charge in [0.25, 0.3) is 0 Å². The van der Waals surface area contributed by atoms with Crippen LogP contribution in [-0.4, -0.2) is 66.5 Å². The molecule has 0 aliphatic carbocycles. The lowest BCUT2D eigenvalue weighted by Crippen LogP contribution is -2.09. The molecule has 0 rings (SSSR count). The van der Waals surface area contributed by atoms with E-state index in [0.717, 1.165) is 0 Å². The Hall–Kier alpha value is -3.44. The Morgan fingerprint density at radius 1 is 0.545 bits per heavy atom. The van der Waals surface area contributed by atoms with Crippen molar-refractivity contribution in [1.29, 1.82) is 0 Å². The maximum atomic E-state index is 9.64. The zero-order valence-corrected chi connectivity index (χ0v) is 10.7. The van der Waals surface area contributed by atoms with E-state index in [2.05, 4.69) is 0 Å². The summed E-state index contributed by atoms with van der Waals surface area (Å²) in [5.41, 5.74) is 0. The molecule has 0 aromatic rings. The number of hydrogen-bond donors (Lipinski definition) is 6. The molecule has 0 aromatic carbocycles. The van der Waals surface area contributed by atoms with Crippen molar-refractivity contribution in [3.63, 3.8) is 0 Å². The first-order valence-electron chi connectivity index (χ1n) is 4.93. The first-order chi connectivity index (χ1) is 9.89. The van der Waals surface area contributed by atoms with Crippen LogP contribution in [0.15, 0.2) is 12.2 Å². The lowest BCUT2D eigenvalue weighted by molar-refractivity contribution is -0.159. The number of aliphatic carboxylic acids is 6. The maximum absolute atomic E-state index is 9.64. The fraction of sp³-hybridized carbons (Fsp3) is 0.200. The van der Waals surface area contributed by atoms with Crippen molar-refractivity contribution in [2.75, 3.05) is 0 Å². The van der Waals surface area contributed by atoms with Gasteiger partial charge in [0.15, 0.2) is 0 Å². The summed E-state index contributed by atoms with van der Waals surface area (Å²) < 4.78 is 0. The minimum atomic E-state index is -1.82. The SMILES string of the molecule is O=C(O)/C=C/C(=O)O.O=C(O)C(=O)O.O=C(O)CCC(=O)O. The summed E-state index contributed by atoms with van der Waals surface area (Å²) in [5, 5.41) is 46.2. The highest BCUT2D eigenvalue weighted by atomic mass is 16.4. The highest BCUT2D eigenvalue weighted by Crippen LogP contribution is 1.86. The first-order valence-corrected chi connectivity index (χ1v) is 4.93. The number of rotatable bonds is 5. The molecule has 0 saturated carbocycles. The molecular weight excluding hydrogens is 312 g/mol. The van der Waals surface area contributed by atoms with Gasteiger partial charge in [0, 0.05) is 12.2 Å². The number of carboxylic acids is 6. The molecule has 12 heteroatoms. The third kappa shape index (κ3) is 36.0. The van der Waals surface area contributed by atoms with Crippen LogP contribution in [-0.2, 0) is 28.8 Å². The number of carboxylic acid groups (broad SMARTS) is 6. The van der Waals surface area contributed by atoms with E-state index in [0.29, 0.717) is 12.2 Å². The standard InChI is InChI=1S/C4H6O4.C4H4O4.C2H2O4/c2*5-3(6)1-2-4(7)8;3-1(4)2(5)6/h1-2H2,(H,5,6)(H,7,8);1-2H,(H,5,6)(H,7,8);(H,3,4)(H,5,6)/b;2-1+;. The van der Waals surface area contributed by atoms with Crippen molar-refractivity contribution < 1.29 is 59.4 Å². The molecule has 0 heterocycles. The summed E-state index contributed by atoms with van der Waals surface area (Å²) in [5.74, 6) is -8.32. The van der Waals surface area contributed by atoms with Gasteiger partial charge >= 0.3 is 35.8 Å². The van der Waals surface area contributed by atoms with Gasteiger partial charge < -0.3 is 30.6 Å². The quantitative estimate of drug-likeness (QED) is 0.259. The predicted molar refractivity (Wildman–Crippen MR) is 64.2 cm³/mol. The van der Waals surface area contributed by atoms with Crippen LogP contribution in [0.25, 0.3) is 0 Å². The van der Waals surface area contributed by atoms with Crippen molar-refractivity contribution in [2.24, 2.45) is 0 Å². The molecule has 0 aliphatic heterocycles. The summed E-state index contributed by atoms with van der Waals surface area (Å²) in [6.45, 7) is 0. The molecule has 0 saturated heterocycles. The van der Waals surface area contributed by atoms with E-state index in [1.165, 1.54) is 0 Å². The highest BCUT2D eigenvalue weighted by molar-refractivity contribution is 6.27. The molecule has 0 spiro atoms. The average Bonchev–Trinajstić information content (AvgIpc) is 2.35. The highest BCUT2D eigenvalue weighted by Gasteiger charge is 2.04. The second-order valence-corrected chi connectivity index (χ2v) is 2.91. The predicted octanol–water partition coefficient (Wildman–Crippen LogP) is -1.20. The van der Waals surface area contributed by atoms with Gasteiger partial charge in [-0.2, -0.15) is 0 Å². The zero-order valence-electron chi connectivity index (χ0n) is 10.7. The minimum absolute atomic E-state index is 0.296. The van der Waals surface area contributed by atoms with Gasteiger partial charge in [-0.15, -0.1) is 0 Å². The van der Waals surface area contributed by atoms with Crippen LogP contribution in [0.3, 0.4) is 0 Å². The van der Waals surface area contributed by atoms with Gasteiger partial charge in [-0.25, -0.2) is 19.2 Å². The Morgan fingerprint density at radius 2 is 0.773 bits per heavy atom. The van der Waals surface area contributed by atoms with Crippen LogP contribution in [0.2, 0.25) is 0 Å². The summed E-state index contributed by atoms with van der Waals surface area (Å²) in [4.78, 5) is 56.6. The summed E-state index contributed by atoms with van der Waals surface area (Å²) >= 11 is 0. The Bertz CT molecular complexity index is 419. The summed E-state index contributed by atoms with van der Waals surface area (Å²) in [7, 11) is 0. The molecule has 0 atom stereocenters. The van der Waals surface area contributed by atoms with Crippen molar-refractivity contribution in [2.45, 2.75) is 12.8 Å². The normalized spacial score (nSPS) is 8.55. The molecule has 0 radical (unpaired) electrons. The molecule has 0 bridgehead atoms. The molecule has 0 amide bonds. The van der Waals surface area contributed by atoms with E-state index >= 15 is 0 Å². The van der Waals surface area contributed by atoms with Gasteiger partial charge in [-0.05, 0) is 0 Å². The smallest absolute Gasteiger partial charge is 0.414 e. The first kappa shape index (κ1) is 23.6. The van der Waals surface area contributed by atoms with Crippen LogP contribution in [0.4, 0.5) is 0 Å². The molecule has 22 heavy (non-hydrogen) atoms. The molecule has 12 nitrogen and oxygen atoms in total. The van der Waals surface area contributed by atoms with Gasteiger partial charge in [0.05, 0.1) is 12.8 Å². The van der Waals surface area contributed by atoms with Gasteiger partial charge in [0.2, 0.25) is 0 Å². The largest absolute Gasteiger partial charge is 0.481 e. The Labute approximate surface area is 121 Å². The molecule has 0 fully saturated rings. The van der Waals surface area contributed by atoms with Gasteiger partial charge in [0.1, 0.15) is 0 Å². The average molecular weight is 324 g/mol. The fourth-order valence-electron chi connectivity index (χ4n) is 0.356. The molecule has 0 aromatic heterocycles. The Balaban J connectivity index is -0.000000249. The third-order valence-electron chi connectivity index (χ3n) is 1.10. The second-order valence-electron chi connectivity index (χ2n) is 2.91. The topological polar surface area (TPSA) is 224 Å². The molecule has 0 unspecified atom stereocenters. The van der Waals surface area contributed by atoms with Crippen molar-refractivity contribution in [3.8, 4) is 0 Å². The van der Waals surface area contributed by atoms with Gasteiger partial charge in [-0.3, -0.25) is 9.59 Å². The van der Waals surface area contributed by atoms with E-state index in [1.807, 2.05) is 0 Å². The Morgan fingerprint density at radius 3 is 0.864 bits per heavy atom. The van der Waals surface area contributed by atoms with Crippen molar-refractivity contribution in [1.82, 2.24) is 0 Å². The monoisotopic (exact) mass is 324 g/mol. The lowest BCUT2D eigenvalue weighted by atomic mass is 10.3. The number of carbonyl (C=O) groups is 6. The maximum Gasteiger partial charge on any atom is 0.414 e. The van der Waals surface area contributed by atoms with Crippen LogP contribution < -0.4 is 0 Å². The van der Waals surface area contributed by atoms with E-state index in [1.54, 1.807) is 0 Å². The van der Waals surface area contributed by atoms with E-state index in [-0.39, 0.29) is 12.8 Å². The second kappa shape index (κ2) is 14.0. The molecule has 0 aliphatic rings. The van der Waals surface area contributed by atoms with Crippen molar-refractivity contribution >= 4 is 35.8 Å². The van der Waals surface area contributed by atoms with E-state index in [9.17, 15) is 19.2 Å². The van der Waals surface area contributed by atoms with Crippen LogP contribution in [0.1, 0.15) is 12.8 Å². The molecule has 6 N–H and O–H groups in total. The number of hydrogen-bond acceptors (Lipinski definition) is 6. The summed E-state index contributed by atoms with van der Waals surface area (Å²) in [6.07, 6.45) is 0.523.